The van der Waals surface area contributed by atoms with Gasteiger partial charge in [-0.25, -0.2) is 0 Å². The van der Waals surface area contributed by atoms with E-state index in [1.54, 1.807) is 0 Å². The highest BCUT2D eigenvalue weighted by Crippen LogP contribution is 2.63. The first-order valence-corrected chi connectivity index (χ1v) is 19.8. The quantitative estimate of drug-likeness (QED) is 0.162. The van der Waals surface area contributed by atoms with Gasteiger partial charge in [0.25, 0.3) is 0 Å². The van der Waals surface area contributed by atoms with Crippen molar-refractivity contribution < 1.29 is 0 Å². The van der Waals surface area contributed by atoms with Gasteiger partial charge in [-0.1, -0.05) is 202 Å². The second kappa shape index (κ2) is 12.1. The molecule has 0 unspecified atom stereocenters. The second-order valence-electron chi connectivity index (χ2n) is 16.4. The fraction of sp³-hybridized carbons (Fsp3) is 0.127. The highest BCUT2D eigenvalue weighted by molar-refractivity contribution is 5.95. The van der Waals surface area contributed by atoms with Crippen LogP contribution in [0.25, 0.3) is 44.5 Å². The van der Waals surface area contributed by atoms with Crippen molar-refractivity contribution in [2.24, 2.45) is 0 Å². The van der Waals surface area contributed by atoms with Crippen LogP contribution in [0.15, 0.2) is 188 Å². The molecule has 0 heteroatoms. The molecular formula is C55H42. The molecule has 0 saturated heterocycles. The summed E-state index contributed by atoms with van der Waals surface area (Å²) in [6.45, 7) is 4.80. The number of fused-ring (bicyclic) bond motifs is 13. The van der Waals surface area contributed by atoms with Crippen LogP contribution in [0, 0.1) is 0 Å². The van der Waals surface area contributed by atoms with Crippen molar-refractivity contribution in [2.75, 3.05) is 0 Å². The maximum atomic E-state index is 2.58. The molecule has 0 radical (unpaired) electrons. The van der Waals surface area contributed by atoms with Gasteiger partial charge in [0.1, 0.15) is 0 Å². The zero-order valence-corrected chi connectivity index (χ0v) is 31.4. The molecule has 0 aliphatic heterocycles. The molecule has 0 bridgehead atoms. The summed E-state index contributed by atoms with van der Waals surface area (Å²) in [4.78, 5) is 0. The number of rotatable bonds is 6. The van der Waals surface area contributed by atoms with Gasteiger partial charge < -0.3 is 0 Å². The predicted molar refractivity (Wildman–Crippen MR) is 229 cm³/mol. The third-order valence-electron chi connectivity index (χ3n) is 13.2. The van der Waals surface area contributed by atoms with Crippen LogP contribution in [0.1, 0.15) is 69.8 Å². The molecule has 0 N–H and O–H groups in total. The van der Waals surface area contributed by atoms with Gasteiger partial charge in [0, 0.05) is 5.41 Å². The molecule has 0 amide bonds. The first-order chi connectivity index (χ1) is 27.0. The largest absolute Gasteiger partial charge is 0.0725 e. The van der Waals surface area contributed by atoms with Gasteiger partial charge in [-0.15, -0.1) is 0 Å². The van der Waals surface area contributed by atoms with E-state index in [1.807, 2.05) is 0 Å². The Morgan fingerprint density at radius 1 is 0.364 bits per heavy atom. The first-order valence-electron chi connectivity index (χ1n) is 19.8. The van der Waals surface area contributed by atoms with Gasteiger partial charge in [0.05, 0.1) is 5.41 Å². The van der Waals surface area contributed by atoms with E-state index in [0.29, 0.717) is 0 Å². The van der Waals surface area contributed by atoms with Crippen LogP contribution in [0.3, 0.4) is 0 Å². The van der Waals surface area contributed by atoms with E-state index < -0.39 is 0 Å². The lowest BCUT2D eigenvalue weighted by molar-refractivity contribution is 0.647. The number of hydrogen-bond donors (Lipinski definition) is 0. The number of hydrogen-bond acceptors (Lipinski definition) is 0. The SMILES string of the molecule is CC1(C)c2ccccc2-c2ccc([C@@H](Cc3ccc4c(c3)C3(c5ccccc5-c5ccccc53)c3ccccc3-4)Cc3ccccc3-c3ccccc3)cc21. The third kappa shape index (κ3) is 4.64. The van der Waals surface area contributed by atoms with Gasteiger partial charge in [-0.2, -0.15) is 0 Å². The summed E-state index contributed by atoms with van der Waals surface area (Å²) >= 11 is 0. The van der Waals surface area contributed by atoms with Crippen molar-refractivity contribution in [2.45, 2.75) is 43.4 Å². The van der Waals surface area contributed by atoms with Crippen LogP contribution in [0.5, 0.6) is 0 Å². The Balaban J connectivity index is 1.08. The highest BCUT2D eigenvalue weighted by Gasteiger charge is 2.51. The molecule has 3 aliphatic carbocycles. The van der Waals surface area contributed by atoms with Crippen molar-refractivity contribution in [3.8, 4) is 44.5 Å². The molecule has 55 heavy (non-hydrogen) atoms. The van der Waals surface area contributed by atoms with Crippen molar-refractivity contribution in [1.82, 2.24) is 0 Å². The van der Waals surface area contributed by atoms with Gasteiger partial charge >= 0.3 is 0 Å². The molecule has 0 saturated carbocycles. The maximum absolute atomic E-state index is 2.58. The van der Waals surface area contributed by atoms with E-state index in [-0.39, 0.29) is 16.7 Å². The fourth-order valence-electron chi connectivity index (χ4n) is 10.7. The number of benzene rings is 8. The molecule has 0 heterocycles. The Bertz CT molecular complexity index is 2730. The van der Waals surface area contributed by atoms with E-state index in [9.17, 15) is 0 Å². The smallest absolute Gasteiger partial charge is 0.0622 e. The Morgan fingerprint density at radius 2 is 0.836 bits per heavy atom. The normalized spacial score (nSPS) is 15.1. The molecule has 1 atom stereocenters. The van der Waals surface area contributed by atoms with Crippen LogP contribution in [-0.4, -0.2) is 0 Å². The maximum Gasteiger partial charge on any atom is 0.0725 e. The summed E-state index contributed by atoms with van der Waals surface area (Å²) in [5, 5.41) is 0. The molecule has 11 rings (SSSR count). The Hall–Kier alpha value is -6.24. The highest BCUT2D eigenvalue weighted by atomic mass is 14.5. The molecule has 0 fully saturated rings. The third-order valence-corrected chi connectivity index (χ3v) is 13.2. The molecule has 262 valence electrons. The summed E-state index contributed by atoms with van der Waals surface area (Å²) in [5.74, 6) is 0.274. The van der Waals surface area contributed by atoms with Crippen LogP contribution < -0.4 is 0 Å². The Kier molecular flexibility index (Phi) is 7.11. The zero-order chi connectivity index (χ0) is 36.7. The van der Waals surface area contributed by atoms with E-state index in [1.165, 1.54) is 94.6 Å². The fourth-order valence-corrected chi connectivity index (χ4v) is 10.7. The van der Waals surface area contributed by atoms with E-state index in [4.69, 9.17) is 0 Å². The average molecular weight is 703 g/mol. The second-order valence-corrected chi connectivity index (χ2v) is 16.4. The topological polar surface area (TPSA) is 0 Å². The lowest BCUT2D eigenvalue weighted by Crippen LogP contribution is -2.26. The zero-order valence-electron chi connectivity index (χ0n) is 31.4. The molecule has 1 spiro atoms. The van der Waals surface area contributed by atoms with Gasteiger partial charge in [-0.05, 0) is 113 Å². The average Bonchev–Trinajstić information content (AvgIpc) is 3.79. The van der Waals surface area contributed by atoms with Crippen LogP contribution >= 0.6 is 0 Å². The Morgan fingerprint density at radius 3 is 1.47 bits per heavy atom. The van der Waals surface area contributed by atoms with Crippen LogP contribution in [0.4, 0.5) is 0 Å². The minimum Gasteiger partial charge on any atom is -0.0622 e. The van der Waals surface area contributed by atoms with Crippen molar-refractivity contribution >= 4 is 0 Å². The summed E-state index contributed by atoms with van der Waals surface area (Å²) in [7, 11) is 0. The minimum atomic E-state index is -0.339. The van der Waals surface area contributed by atoms with Crippen molar-refractivity contribution in [3.63, 3.8) is 0 Å². The molecule has 0 nitrogen and oxygen atoms in total. The van der Waals surface area contributed by atoms with E-state index in [0.717, 1.165) is 12.8 Å². The van der Waals surface area contributed by atoms with Gasteiger partial charge in [-0.3, -0.25) is 0 Å². The molecular weight excluding hydrogens is 661 g/mol. The van der Waals surface area contributed by atoms with E-state index in [2.05, 4.69) is 202 Å². The lowest BCUT2D eigenvalue weighted by atomic mass is 9.70. The van der Waals surface area contributed by atoms with Crippen molar-refractivity contribution in [3.05, 3.63) is 238 Å². The summed E-state index contributed by atoms with van der Waals surface area (Å²) in [6.07, 6.45) is 1.89. The van der Waals surface area contributed by atoms with Gasteiger partial charge in [0.2, 0.25) is 0 Å². The van der Waals surface area contributed by atoms with Crippen molar-refractivity contribution in [1.29, 1.82) is 0 Å². The van der Waals surface area contributed by atoms with E-state index >= 15 is 0 Å². The van der Waals surface area contributed by atoms with Gasteiger partial charge in [0.15, 0.2) is 0 Å². The standard InChI is InChI=1S/C55H42/c1-54(2)48-24-12-8-20-42(48)46-31-29-38(35-52(46)54)40(34-39-18-6-7-19-41(39)37-16-4-3-5-17-37)32-36-28-30-47-45-23-11-15-27-51(45)55(53(47)33-36)49-25-13-9-21-43(49)44-22-10-14-26-50(44)55/h3-31,33,35,40H,32,34H2,1-2H3/t40-/m0/s1. The first kappa shape index (κ1) is 32.2. The monoisotopic (exact) mass is 702 g/mol. The summed E-state index contributed by atoms with van der Waals surface area (Å²) in [5.41, 5.74) is 23.0. The molecule has 3 aliphatic rings. The molecule has 8 aromatic rings. The summed E-state index contributed by atoms with van der Waals surface area (Å²) in [6, 6.07) is 71.2. The lowest BCUT2D eigenvalue weighted by Gasteiger charge is -2.31. The van der Waals surface area contributed by atoms with Crippen LogP contribution in [0.2, 0.25) is 0 Å². The predicted octanol–water partition coefficient (Wildman–Crippen LogP) is 13.6. The molecule has 0 aromatic heterocycles. The minimum absolute atomic E-state index is 0.0522. The summed E-state index contributed by atoms with van der Waals surface area (Å²) < 4.78 is 0. The van der Waals surface area contributed by atoms with Crippen LogP contribution in [-0.2, 0) is 23.7 Å². The Labute approximate surface area is 324 Å². The molecule has 8 aromatic carbocycles.